The van der Waals surface area contributed by atoms with Gasteiger partial charge < -0.3 is 5.73 Å². The third-order valence-corrected chi connectivity index (χ3v) is 1.25. The number of carbonyl (C=O) groups is 1. The largest absolute Gasteiger partial charge is 0.372 e. The number of amides is 1. The fourth-order valence-electron chi connectivity index (χ4n) is 0.884. The molecule has 0 spiro atoms. The number of rotatable bonds is 0. The zero-order chi connectivity index (χ0) is 6.24. The van der Waals surface area contributed by atoms with Crippen molar-refractivity contribution in [2.45, 2.75) is 32.1 Å². The van der Waals surface area contributed by atoms with Crippen LogP contribution in [-0.4, -0.2) is 6.41 Å². The molecule has 1 fully saturated rings. The molecule has 4 heteroatoms. The Kier molecular flexibility index (Phi) is 26.0. The molecule has 1 rings (SSSR count). The van der Waals surface area contributed by atoms with Gasteiger partial charge in [-0.15, -0.1) is 12.4 Å². The van der Waals surface area contributed by atoms with Crippen LogP contribution in [0.25, 0.3) is 0 Å². The second kappa shape index (κ2) is 15.9. The van der Waals surface area contributed by atoms with Crippen LogP contribution in [0.1, 0.15) is 32.1 Å². The van der Waals surface area contributed by atoms with Crippen molar-refractivity contribution in [1.29, 1.82) is 0 Å². The van der Waals surface area contributed by atoms with Gasteiger partial charge in [-0.25, -0.2) is 0 Å². The average molecular weight is 172 g/mol. The molecule has 0 aromatic carbocycles. The van der Waals surface area contributed by atoms with Crippen LogP contribution in [0.3, 0.4) is 0 Å². The van der Waals surface area contributed by atoms with Crippen molar-refractivity contribution in [3.63, 3.8) is 0 Å². The highest BCUT2D eigenvalue weighted by Crippen LogP contribution is 2.15. The molecule has 2 N–H and O–H groups in total. The molecule has 1 aliphatic rings. The standard InChI is InChI=1S/C5H10.CH3NO.ClH.FH/c1-2-4-5-3-1;2-1-3;;/h1-5H2;1H,(H2,2,3);2*1H. The van der Waals surface area contributed by atoms with E-state index in [0.717, 1.165) is 0 Å². The van der Waals surface area contributed by atoms with Gasteiger partial charge in [0, 0.05) is 0 Å². The lowest BCUT2D eigenvalue weighted by molar-refractivity contribution is -0.106. The van der Waals surface area contributed by atoms with Crippen molar-refractivity contribution < 1.29 is 9.50 Å². The Morgan fingerprint density at radius 2 is 1.10 bits per heavy atom. The molecule has 0 aromatic heterocycles. The molecule has 1 amide bonds. The number of primary amides is 1. The Bertz CT molecular complexity index is 52.1. The Morgan fingerprint density at radius 1 is 1.00 bits per heavy atom. The minimum absolute atomic E-state index is 0. The molecule has 0 bridgehead atoms. The van der Waals surface area contributed by atoms with E-state index >= 15 is 0 Å². The SMILES string of the molecule is C1CCCC1.Cl.F.NC=O. The third kappa shape index (κ3) is 15.6. The van der Waals surface area contributed by atoms with E-state index in [4.69, 9.17) is 4.79 Å². The van der Waals surface area contributed by atoms with Crippen LogP contribution < -0.4 is 5.73 Å². The number of halogens is 2. The highest BCUT2D eigenvalue weighted by molar-refractivity contribution is 5.85. The summed E-state index contributed by atoms with van der Waals surface area (Å²) in [6.07, 6.45) is 7.75. The highest BCUT2D eigenvalue weighted by Gasteiger charge is 1.95. The summed E-state index contributed by atoms with van der Waals surface area (Å²) in [4.78, 5) is 8.58. The fraction of sp³-hybridized carbons (Fsp3) is 0.833. The van der Waals surface area contributed by atoms with Gasteiger partial charge in [0.2, 0.25) is 6.41 Å². The second-order valence-electron chi connectivity index (χ2n) is 1.90. The van der Waals surface area contributed by atoms with Gasteiger partial charge in [0.25, 0.3) is 0 Å². The molecule has 0 heterocycles. The molecule has 2 nitrogen and oxygen atoms in total. The van der Waals surface area contributed by atoms with Crippen LogP contribution in [0.15, 0.2) is 0 Å². The lowest BCUT2D eigenvalue weighted by atomic mass is 10.4. The van der Waals surface area contributed by atoms with E-state index in [1.54, 1.807) is 0 Å². The van der Waals surface area contributed by atoms with Gasteiger partial charge in [-0.05, 0) is 0 Å². The average Bonchev–Trinajstić information content (AvgIpc) is 2.17. The molecule has 0 saturated heterocycles. The molecule has 0 aromatic rings. The molecule has 1 aliphatic carbocycles. The first kappa shape index (κ1) is 16.3. The smallest absolute Gasteiger partial charge is 0.204 e. The van der Waals surface area contributed by atoms with Gasteiger partial charge in [-0.2, -0.15) is 0 Å². The first-order valence-corrected chi connectivity index (χ1v) is 3.07. The number of nitrogens with two attached hydrogens (primary N) is 1. The van der Waals surface area contributed by atoms with Gasteiger partial charge >= 0.3 is 0 Å². The molecule has 0 radical (unpaired) electrons. The Hall–Kier alpha value is -0.310. The van der Waals surface area contributed by atoms with Crippen molar-refractivity contribution >= 4 is 18.8 Å². The minimum atomic E-state index is 0. The Balaban J connectivity index is -0.0000000900. The van der Waals surface area contributed by atoms with Crippen LogP contribution in [0.5, 0.6) is 0 Å². The number of hydrogen-bond donors (Lipinski definition) is 1. The summed E-state index contributed by atoms with van der Waals surface area (Å²) >= 11 is 0. The van der Waals surface area contributed by atoms with Crippen LogP contribution in [0.4, 0.5) is 4.70 Å². The molecule has 0 aliphatic heterocycles. The van der Waals surface area contributed by atoms with Crippen LogP contribution in [0, 0.1) is 0 Å². The first-order chi connectivity index (χ1) is 3.91. The maximum absolute atomic E-state index is 8.58. The maximum atomic E-state index is 8.58. The van der Waals surface area contributed by atoms with E-state index in [-0.39, 0.29) is 23.5 Å². The van der Waals surface area contributed by atoms with Gasteiger partial charge in [0.15, 0.2) is 0 Å². The quantitative estimate of drug-likeness (QED) is 0.553. The Labute approximate surface area is 66.9 Å². The molecule has 1 saturated carbocycles. The maximum Gasteiger partial charge on any atom is 0.204 e. The second-order valence-corrected chi connectivity index (χ2v) is 1.90. The van der Waals surface area contributed by atoms with E-state index in [9.17, 15) is 0 Å². The molecule has 0 unspecified atom stereocenters. The van der Waals surface area contributed by atoms with Crippen molar-refractivity contribution in [1.82, 2.24) is 0 Å². The molecular formula is C6H15ClFNO. The van der Waals surface area contributed by atoms with Gasteiger partial charge in [0.1, 0.15) is 0 Å². The Morgan fingerprint density at radius 3 is 1.20 bits per heavy atom. The summed E-state index contributed by atoms with van der Waals surface area (Å²) in [6.45, 7) is 0. The monoisotopic (exact) mass is 171 g/mol. The topological polar surface area (TPSA) is 43.1 Å². The summed E-state index contributed by atoms with van der Waals surface area (Å²) in [6, 6.07) is 0. The number of carbonyl (C=O) groups excluding carboxylic acids is 1. The minimum Gasteiger partial charge on any atom is -0.372 e. The number of hydrogen-bond acceptors (Lipinski definition) is 1. The van der Waals surface area contributed by atoms with E-state index < -0.39 is 0 Å². The zero-order valence-electron chi connectivity index (χ0n) is 5.91. The molecule has 64 valence electrons. The lowest BCUT2D eigenvalue weighted by Crippen LogP contribution is -1.82. The molecule has 0 atom stereocenters. The lowest BCUT2D eigenvalue weighted by Gasteiger charge is -1.67. The van der Waals surface area contributed by atoms with E-state index in [0.29, 0.717) is 0 Å². The molecule has 10 heavy (non-hydrogen) atoms. The van der Waals surface area contributed by atoms with Crippen molar-refractivity contribution in [2.75, 3.05) is 0 Å². The van der Waals surface area contributed by atoms with Crippen molar-refractivity contribution in [3.8, 4) is 0 Å². The predicted octanol–water partition coefficient (Wildman–Crippen LogP) is 1.63. The van der Waals surface area contributed by atoms with Crippen molar-refractivity contribution in [2.24, 2.45) is 5.73 Å². The normalized spacial score (nSPS) is 13.2. The fourth-order valence-corrected chi connectivity index (χ4v) is 0.884. The van der Waals surface area contributed by atoms with Gasteiger partial charge in [-0.3, -0.25) is 9.50 Å². The predicted molar refractivity (Wildman–Crippen MR) is 43.1 cm³/mol. The third-order valence-electron chi connectivity index (χ3n) is 1.25. The van der Waals surface area contributed by atoms with E-state index in [1.165, 1.54) is 32.1 Å². The first-order valence-electron chi connectivity index (χ1n) is 3.07. The van der Waals surface area contributed by atoms with Crippen LogP contribution in [0.2, 0.25) is 0 Å². The van der Waals surface area contributed by atoms with Gasteiger partial charge in [-0.1, -0.05) is 32.1 Å². The highest BCUT2D eigenvalue weighted by atomic mass is 35.5. The zero-order valence-corrected chi connectivity index (χ0v) is 6.73. The summed E-state index contributed by atoms with van der Waals surface area (Å²) in [7, 11) is 0. The van der Waals surface area contributed by atoms with Crippen LogP contribution in [-0.2, 0) is 4.79 Å². The summed E-state index contributed by atoms with van der Waals surface area (Å²) in [5.74, 6) is 0. The van der Waals surface area contributed by atoms with E-state index in [1.807, 2.05) is 0 Å². The molecular weight excluding hydrogens is 157 g/mol. The summed E-state index contributed by atoms with van der Waals surface area (Å²) < 4.78 is 0. The van der Waals surface area contributed by atoms with Crippen molar-refractivity contribution in [3.05, 3.63) is 0 Å². The van der Waals surface area contributed by atoms with E-state index in [2.05, 4.69) is 5.73 Å². The summed E-state index contributed by atoms with van der Waals surface area (Å²) in [5, 5.41) is 0. The summed E-state index contributed by atoms with van der Waals surface area (Å²) in [5.41, 5.74) is 4.17. The van der Waals surface area contributed by atoms with Gasteiger partial charge in [0.05, 0.1) is 0 Å². The van der Waals surface area contributed by atoms with Crippen LogP contribution >= 0.6 is 12.4 Å².